The number of benzene rings is 2. The van der Waals surface area contributed by atoms with Crippen molar-refractivity contribution in [3.63, 3.8) is 0 Å². The van der Waals surface area contributed by atoms with Crippen LogP contribution in [0.5, 0.6) is 5.75 Å². The van der Waals surface area contributed by atoms with E-state index < -0.39 is 5.66 Å². The van der Waals surface area contributed by atoms with Gasteiger partial charge in [-0.3, -0.25) is 9.79 Å². The molecule has 2 aromatic carbocycles. The van der Waals surface area contributed by atoms with E-state index in [0.717, 1.165) is 34.9 Å². The van der Waals surface area contributed by atoms with Crippen LogP contribution in [0.15, 0.2) is 58.5 Å². The van der Waals surface area contributed by atoms with E-state index in [1.54, 1.807) is 18.2 Å². The third-order valence-corrected chi connectivity index (χ3v) is 5.51. The molecule has 0 saturated carbocycles. The summed E-state index contributed by atoms with van der Waals surface area (Å²) in [6, 6.07) is 15.0. The van der Waals surface area contributed by atoms with Gasteiger partial charge < -0.3 is 10.1 Å². The first-order valence-electron chi connectivity index (χ1n) is 9.98. The highest BCUT2D eigenvalue weighted by Crippen LogP contribution is 2.27. The Kier molecular flexibility index (Phi) is 7.56. The van der Waals surface area contributed by atoms with Crippen molar-refractivity contribution < 1.29 is 9.53 Å². The number of rotatable bonds is 8. The number of hydrogen-bond donors (Lipinski definition) is 1. The van der Waals surface area contributed by atoms with Crippen molar-refractivity contribution in [2.45, 2.75) is 39.3 Å². The number of aliphatic imine (C=N–C) groups is 2. The molecule has 2 aromatic rings. The summed E-state index contributed by atoms with van der Waals surface area (Å²) in [4.78, 5) is 21.8. The van der Waals surface area contributed by atoms with Crippen LogP contribution in [0.25, 0.3) is 0 Å². The lowest BCUT2D eigenvalue weighted by atomic mass is 10.1. The van der Waals surface area contributed by atoms with Crippen LogP contribution < -0.4 is 10.1 Å². The van der Waals surface area contributed by atoms with Crippen molar-refractivity contribution >= 4 is 45.7 Å². The van der Waals surface area contributed by atoms with E-state index in [1.165, 1.54) is 11.8 Å². The predicted octanol–water partition coefficient (Wildman–Crippen LogP) is 5.83. The summed E-state index contributed by atoms with van der Waals surface area (Å²) in [5.41, 5.74) is 1.90. The van der Waals surface area contributed by atoms with Crippen molar-refractivity contribution in [3.05, 3.63) is 59.1 Å². The topological polar surface area (TPSA) is 63.1 Å². The van der Waals surface area contributed by atoms with E-state index in [0.29, 0.717) is 17.3 Å². The Labute approximate surface area is 187 Å². The lowest BCUT2D eigenvalue weighted by molar-refractivity contribution is -0.113. The third kappa shape index (κ3) is 6.34. The molecule has 0 spiro atoms. The Morgan fingerprint density at radius 3 is 2.63 bits per heavy atom. The monoisotopic (exact) mass is 443 g/mol. The van der Waals surface area contributed by atoms with Crippen molar-refractivity contribution in [2.75, 3.05) is 17.7 Å². The summed E-state index contributed by atoms with van der Waals surface area (Å²) in [5.74, 6) is 0.962. The van der Waals surface area contributed by atoms with E-state index in [4.69, 9.17) is 26.3 Å². The zero-order chi connectivity index (χ0) is 21.6. The smallest absolute Gasteiger partial charge is 0.234 e. The highest BCUT2D eigenvalue weighted by Gasteiger charge is 2.28. The van der Waals surface area contributed by atoms with Gasteiger partial charge in [0.05, 0.1) is 18.1 Å². The molecule has 30 heavy (non-hydrogen) atoms. The van der Waals surface area contributed by atoms with Gasteiger partial charge in [0.25, 0.3) is 0 Å². The van der Waals surface area contributed by atoms with Crippen LogP contribution in [0.3, 0.4) is 0 Å². The van der Waals surface area contributed by atoms with E-state index in [9.17, 15) is 4.79 Å². The molecule has 5 nitrogen and oxygen atoms in total. The molecule has 1 aliphatic rings. The van der Waals surface area contributed by atoms with Crippen LogP contribution >= 0.6 is 23.4 Å². The number of nitrogens with zero attached hydrogens (tertiary/aromatic N) is 2. The highest BCUT2D eigenvalue weighted by atomic mass is 35.5. The first kappa shape index (κ1) is 22.4. The molecule has 0 fully saturated rings. The number of hydrogen-bond acceptors (Lipinski definition) is 5. The molecule has 1 aliphatic heterocycles. The summed E-state index contributed by atoms with van der Waals surface area (Å²) in [5, 5.41) is 4.21. The number of unbranched alkanes of at least 4 members (excludes halogenated alkanes) is 1. The number of amides is 1. The Bertz CT molecular complexity index is 955. The van der Waals surface area contributed by atoms with Gasteiger partial charge in [0.2, 0.25) is 5.91 Å². The number of halogens is 1. The Balaban J connectivity index is 1.64. The van der Waals surface area contributed by atoms with Crippen LogP contribution in [-0.4, -0.2) is 34.7 Å². The molecule has 0 saturated heterocycles. The van der Waals surface area contributed by atoms with E-state index in [1.807, 2.05) is 44.2 Å². The maximum absolute atomic E-state index is 12.4. The minimum Gasteiger partial charge on any atom is -0.494 e. The lowest BCUT2D eigenvalue weighted by Gasteiger charge is -2.09. The van der Waals surface area contributed by atoms with Gasteiger partial charge in [0.1, 0.15) is 16.5 Å². The standard InChI is InChI=1S/C23H26ClN3O2S/c1-4-5-13-29-19-11-9-16(10-12-19)21-22(27-23(2,3)26-21)30-15-20(28)25-18-8-6-7-17(24)14-18/h6-12,14H,4-5,13,15H2,1-3H3,(H,25,28). The van der Waals surface area contributed by atoms with Crippen LogP contribution in [0.1, 0.15) is 39.2 Å². The molecule has 0 aliphatic carbocycles. The molecule has 1 N–H and O–H groups in total. The summed E-state index contributed by atoms with van der Waals surface area (Å²) >= 11 is 7.36. The minimum absolute atomic E-state index is 0.117. The summed E-state index contributed by atoms with van der Waals surface area (Å²) in [7, 11) is 0. The van der Waals surface area contributed by atoms with Gasteiger partial charge in [-0.2, -0.15) is 0 Å². The molecule has 0 bridgehead atoms. The average molecular weight is 444 g/mol. The van der Waals surface area contributed by atoms with Gasteiger partial charge in [-0.25, -0.2) is 4.99 Å². The van der Waals surface area contributed by atoms with E-state index in [-0.39, 0.29) is 11.7 Å². The van der Waals surface area contributed by atoms with Gasteiger partial charge in [-0.1, -0.05) is 42.8 Å². The first-order chi connectivity index (χ1) is 14.4. The van der Waals surface area contributed by atoms with Crippen LogP contribution in [-0.2, 0) is 4.79 Å². The molecule has 3 rings (SSSR count). The summed E-state index contributed by atoms with van der Waals surface area (Å²) in [6.45, 7) is 6.76. The van der Waals surface area contributed by atoms with Crippen LogP contribution in [0.4, 0.5) is 5.69 Å². The van der Waals surface area contributed by atoms with Gasteiger partial charge in [0, 0.05) is 16.3 Å². The molecule has 1 amide bonds. The van der Waals surface area contributed by atoms with Crippen molar-refractivity contribution in [2.24, 2.45) is 9.98 Å². The Hall–Kier alpha value is -2.31. The molecule has 0 aromatic heterocycles. The second kappa shape index (κ2) is 10.1. The maximum Gasteiger partial charge on any atom is 0.234 e. The number of carbonyl (C=O) groups excluding carboxylic acids is 1. The molecular weight excluding hydrogens is 418 g/mol. The van der Waals surface area contributed by atoms with Gasteiger partial charge >= 0.3 is 0 Å². The molecule has 0 radical (unpaired) electrons. The molecule has 1 heterocycles. The van der Waals surface area contributed by atoms with Gasteiger partial charge in [0.15, 0.2) is 0 Å². The highest BCUT2D eigenvalue weighted by molar-refractivity contribution is 8.16. The van der Waals surface area contributed by atoms with Crippen molar-refractivity contribution in [1.29, 1.82) is 0 Å². The number of nitrogens with one attached hydrogen (secondary N) is 1. The Morgan fingerprint density at radius 1 is 1.17 bits per heavy atom. The minimum atomic E-state index is -0.544. The van der Waals surface area contributed by atoms with Gasteiger partial charge in [-0.15, -0.1) is 0 Å². The molecule has 158 valence electrons. The molecule has 7 heteroatoms. The van der Waals surface area contributed by atoms with E-state index in [2.05, 4.69) is 12.2 Å². The lowest BCUT2D eigenvalue weighted by Crippen LogP contribution is -2.17. The molecular formula is C23H26ClN3O2S. The third-order valence-electron chi connectivity index (χ3n) is 4.31. The fourth-order valence-corrected chi connectivity index (χ4v) is 4.00. The zero-order valence-electron chi connectivity index (χ0n) is 17.4. The van der Waals surface area contributed by atoms with E-state index >= 15 is 0 Å². The largest absolute Gasteiger partial charge is 0.494 e. The summed E-state index contributed by atoms with van der Waals surface area (Å²) < 4.78 is 5.74. The second-order valence-corrected chi connectivity index (χ2v) is 8.85. The molecule has 0 atom stereocenters. The number of thioether (sulfide) groups is 1. The normalized spacial score (nSPS) is 14.8. The second-order valence-electron chi connectivity index (χ2n) is 7.45. The van der Waals surface area contributed by atoms with Crippen LogP contribution in [0.2, 0.25) is 5.02 Å². The first-order valence-corrected chi connectivity index (χ1v) is 11.3. The maximum atomic E-state index is 12.4. The zero-order valence-corrected chi connectivity index (χ0v) is 19.0. The quantitative estimate of drug-likeness (QED) is 0.522. The van der Waals surface area contributed by atoms with Gasteiger partial charge in [-0.05, 0) is 62.7 Å². The predicted molar refractivity (Wildman–Crippen MR) is 127 cm³/mol. The Morgan fingerprint density at radius 2 is 1.93 bits per heavy atom. The molecule has 0 unspecified atom stereocenters. The fraction of sp³-hybridized carbons (Fsp3) is 0.348. The van der Waals surface area contributed by atoms with Crippen LogP contribution in [0, 0.1) is 0 Å². The van der Waals surface area contributed by atoms with Crippen molar-refractivity contribution in [1.82, 2.24) is 0 Å². The number of anilines is 1. The van der Waals surface area contributed by atoms with Crippen molar-refractivity contribution in [3.8, 4) is 5.75 Å². The number of ether oxygens (including phenoxy) is 1. The SMILES string of the molecule is CCCCOc1ccc(C2=NC(C)(C)N=C2SCC(=O)Nc2cccc(Cl)c2)cc1. The average Bonchev–Trinajstić information content (AvgIpc) is 3.02. The number of carbonyl (C=O) groups is 1. The summed E-state index contributed by atoms with van der Waals surface area (Å²) in [6.07, 6.45) is 2.14. The fourth-order valence-electron chi connectivity index (χ4n) is 2.88.